The predicted molar refractivity (Wildman–Crippen MR) is 90.1 cm³/mol. The standard InChI is InChI=1S/C17H27BrN2/c1-4-9-19-12-14-6-5-10-20(3)17(14)15-8-7-13(2)11-16(15)18/h7-8,11,14,17,19H,4-6,9-10,12H2,1-3H3. The maximum atomic E-state index is 3.77. The van der Waals surface area contributed by atoms with Crippen molar-refractivity contribution < 1.29 is 0 Å². The summed E-state index contributed by atoms with van der Waals surface area (Å²) in [6, 6.07) is 7.31. The van der Waals surface area contributed by atoms with Crippen molar-refractivity contribution in [3.8, 4) is 0 Å². The van der Waals surface area contributed by atoms with E-state index in [2.05, 4.69) is 65.2 Å². The van der Waals surface area contributed by atoms with Crippen LogP contribution >= 0.6 is 15.9 Å². The Morgan fingerprint density at radius 2 is 2.20 bits per heavy atom. The lowest BCUT2D eigenvalue weighted by Crippen LogP contribution is -2.40. The van der Waals surface area contributed by atoms with Gasteiger partial charge in [-0.05, 0) is 76.0 Å². The minimum absolute atomic E-state index is 0.531. The predicted octanol–water partition coefficient (Wildman–Crippen LogP) is 4.14. The van der Waals surface area contributed by atoms with Crippen LogP contribution in [0, 0.1) is 12.8 Å². The Morgan fingerprint density at radius 1 is 1.40 bits per heavy atom. The van der Waals surface area contributed by atoms with E-state index >= 15 is 0 Å². The first-order valence-electron chi connectivity index (χ1n) is 7.80. The number of likely N-dealkylation sites (tertiary alicyclic amines) is 1. The average molecular weight is 339 g/mol. The highest BCUT2D eigenvalue weighted by molar-refractivity contribution is 9.10. The summed E-state index contributed by atoms with van der Waals surface area (Å²) in [4.78, 5) is 2.53. The number of halogens is 1. The van der Waals surface area contributed by atoms with Gasteiger partial charge in [0.15, 0.2) is 0 Å². The topological polar surface area (TPSA) is 15.3 Å². The highest BCUT2D eigenvalue weighted by atomic mass is 79.9. The monoisotopic (exact) mass is 338 g/mol. The van der Waals surface area contributed by atoms with Gasteiger partial charge in [-0.15, -0.1) is 0 Å². The highest BCUT2D eigenvalue weighted by Crippen LogP contribution is 2.38. The first kappa shape index (κ1) is 16.0. The van der Waals surface area contributed by atoms with Gasteiger partial charge in [0.05, 0.1) is 0 Å². The number of rotatable bonds is 5. The van der Waals surface area contributed by atoms with Crippen LogP contribution in [0.1, 0.15) is 43.4 Å². The molecule has 1 aliphatic rings. The Hall–Kier alpha value is -0.380. The van der Waals surface area contributed by atoms with Crippen molar-refractivity contribution in [2.75, 3.05) is 26.7 Å². The van der Waals surface area contributed by atoms with E-state index < -0.39 is 0 Å². The molecule has 2 unspecified atom stereocenters. The summed E-state index contributed by atoms with van der Waals surface area (Å²) in [5.41, 5.74) is 2.76. The van der Waals surface area contributed by atoms with Crippen molar-refractivity contribution in [1.82, 2.24) is 10.2 Å². The summed E-state index contributed by atoms with van der Waals surface area (Å²) in [7, 11) is 2.27. The largest absolute Gasteiger partial charge is 0.316 e. The second kappa shape index (κ2) is 7.58. The second-order valence-corrected chi connectivity index (χ2v) is 6.91. The fourth-order valence-electron chi connectivity index (χ4n) is 3.30. The summed E-state index contributed by atoms with van der Waals surface area (Å²) in [5, 5.41) is 3.61. The first-order valence-corrected chi connectivity index (χ1v) is 8.59. The summed E-state index contributed by atoms with van der Waals surface area (Å²) in [5.74, 6) is 0.708. The van der Waals surface area contributed by atoms with Crippen LogP contribution in [0.5, 0.6) is 0 Å². The molecule has 1 aromatic rings. The maximum Gasteiger partial charge on any atom is 0.0396 e. The van der Waals surface area contributed by atoms with E-state index in [0.29, 0.717) is 12.0 Å². The SMILES string of the molecule is CCCNCC1CCCN(C)C1c1ccc(C)cc1Br. The van der Waals surface area contributed by atoms with Crippen LogP contribution in [0.2, 0.25) is 0 Å². The Bertz CT molecular complexity index is 433. The zero-order valence-corrected chi connectivity index (χ0v) is 14.5. The molecule has 1 fully saturated rings. The fourth-order valence-corrected chi connectivity index (χ4v) is 4.03. The molecule has 2 atom stereocenters. The molecule has 20 heavy (non-hydrogen) atoms. The van der Waals surface area contributed by atoms with Crippen molar-refractivity contribution >= 4 is 15.9 Å². The molecule has 2 nitrogen and oxygen atoms in total. The summed E-state index contributed by atoms with van der Waals surface area (Å²) >= 11 is 3.77. The van der Waals surface area contributed by atoms with Gasteiger partial charge in [-0.1, -0.05) is 35.0 Å². The van der Waals surface area contributed by atoms with E-state index in [-0.39, 0.29) is 0 Å². The maximum absolute atomic E-state index is 3.77. The number of nitrogens with one attached hydrogen (secondary N) is 1. The van der Waals surface area contributed by atoms with Gasteiger partial charge in [0.25, 0.3) is 0 Å². The van der Waals surface area contributed by atoms with Gasteiger partial charge < -0.3 is 5.32 Å². The molecule has 1 heterocycles. The van der Waals surface area contributed by atoms with Gasteiger partial charge in [0.1, 0.15) is 0 Å². The van der Waals surface area contributed by atoms with Crippen LogP contribution in [0.25, 0.3) is 0 Å². The smallest absolute Gasteiger partial charge is 0.0396 e. The molecule has 0 bridgehead atoms. The molecule has 1 N–H and O–H groups in total. The van der Waals surface area contributed by atoms with Crippen LogP contribution < -0.4 is 5.32 Å². The van der Waals surface area contributed by atoms with E-state index in [4.69, 9.17) is 0 Å². The van der Waals surface area contributed by atoms with E-state index in [9.17, 15) is 0 Å². The molecule has 0 radical (unpaired) electrons. The highest BCUT2D eigenvalue weighted by Gasteiger charge is 2.31. The fraction of sp³-hybridized carbons (Fsp3) is 0.647. The molecule has 0 amide bonds. The zero-order chi connectivity index (χ0) is 14.5. The first-order chi connectivity index (χ1) is 9.63. The molecule has 0 saturated carbocycles. The molecule has 0 spiro atoms. The Labute approximate surface area is 132 Å². The average Bonchev–Trinajstić information content (AvgIpc) is 2.41. The van der Waals surface area contributed by atoms with Crippen molar-refractivity contribution in [2.45, 2.75) is 39.2 Å². The van der Waals surface area contributed by atoms with Gasteiger partial charge in [-0.2, -0.15) is 0 Å². The normalized spacial score (nSPS) is 24.0. The third kappa shape index (κ3) is 3.84. The van der Waals surface area contributed by atoms with E-state index in [1.165, 1.54) is 41.4 Å². The van der Waals surface area contributed by atoms with Crippen molar-refractivity contribution in [3.63, 3.8) is 0 Å². The molecule has 112 valence electrons. The third-order valence-corrected chi connectivity index (χ3v) is 5.00. The number of benzene rings is 1. The minimum atomic E-state index is 0.531. The molecule has 3 heteroatoms. The number of nitrogens with zero attached hydrogens (tertiary/aromatic N) is 1. The molecule has 1 aromatic carbocycles. The molecule has 2 rings (SSSR count). The van der Waals surface area contributed by atoms with Crippen LogP contribution in [-0.4, -0.2) is 31.6 Å². The molecule has 1 aliphatic heterocycles. The van der Waals surface area contributed by atoms with Gasteiger partial charge in [0, 0.05) is 10.5 Å². The minimum Gasteiger partial charge on any atom is -0.316 e. The van der Waals surface area contributed by atoms with Gasteiger partial charge >= 0.3 is 0 Å². The number of aryl methyl sites for hydroxylation is 1. The summed E-state index contributed by atoms with van der Waals surface area (Å²) < 4.78 is 1.26. The number of hydrogen-bond donors (Lipinski definition) is 1. The summed E-state index contributed by atoms with van der Waals surface area (Å²) in [6.45, 7) is 7.84. The quantitative estimate of drug-likeness (QED) is 0.811. The van der Waals surface area contributed by atoms with E-state index in [1.807, 2.05) is 0 Å². The van der Waals surface area contributed by atoms with Gasteiger partial charge in [-0.25, -0.2) is 0 Å². The van der Waals surface area contributed by atoms with Crippen LogP contribution in [0.4, 0.5) is 0 Å². The molecular weight excluding hydrogens is 312 g/mol. The Morgan fingerprint density at radius 3 is 2.90 bits per heavy atom. The number of piperidine rings is 1. The third-order valence-electron chi connectivity index (χ3n) is 4.32. The number of hydrogen-bond acceptors (Lipinski definition) is 2. The van der Waals surface area contributed by atoms with E-state index in [0.717, 1.165) is 13.1 Å². The van der Waals surface area contributed by atoms with Crippen LogP contribution in [-0.2, 0) is 0 Å². The lowest BCUT2D eigenvalue weighted by atomic mass is 9.84. The Kier molecular flexibility index (Phi) is 6.06. The Balaban J connectivity index is 2.18. The molecule has 1 saturated heterocycles. The lowest BCUT2D eigenvalue weighted by Gasteiger charge is -2.40. The van der Waals surface area contributed by atoms with Crippen molar-refractivity contribution in [2.24, 2.45) is 5.92 Å². The van der Waals surface area contributed by atoms with Crippen molar-refractivity contribution in [3.05, 3.63) is 33.8 Å². The molecule has 0 aromatic heterocycles. The van der Waals surface area contributed by atoms with E-state index in [1.54, 1.807) is 0 Å². The van der Waals surface area contributed by atoms with Crippen LogP contribution in [0.15, 0.2) is 22.7 Å². The molecule has 0 aliphatic carbocycles. The lowest BCUT2D eigenvalue weighted by molar-refractivity contribution is 0.119. The van der Waals surface area contributed by atoms with Crippen molar-refractivity contribution in [1.29, 1.82) is 0 Å². The second-order valence-electron chi connectivity index (χ2n) is 6.06. The summed E-state index contributed by atoms with van der Waals surface area (Å²) in [6.07, 6.45) is 3.85. The zero-order valence-electron chi connectivity index (χ0n) is 13.0. The van der Waals surface area contributed by atoms with Gasteiger partial charge in [-0.3, -0.25) is 4.90 Å². The molecular formula is C17H27BrN2. The van der Waals surface area contributed by atoms with Gasteiger partial charge in [0.2, 0.25) is 0 Å². The van der Waals surface area contributed by atoms with Crippen LogP contribution in [0.3, 0.4) is 0 Å².